The van der Waals surface area contributed by atoms with Gasteiger partial charge in [0.1, 0.15) is 5.82 Å². The van der Waals surface area contributed by atoms with Crippen molar-refractivity contribution >= 4 is 11.7 Å². The molecule has 3 N–H and O–H groups in total. The summed E-state index contributed by atoms with van der Waals surface area (Å²) in [4.78, 5) is 11.1. The molecule has 0 aliphatic rings. The summed E-state index contributed by atoms with van der Waals surface area (Å²) < 4.78 is 0. The first-order valence-corrected chi connectivity index (χ1v) is 4.68. The quantitative estimate of drug-likeness (QED) is 0.577. The third-order valence-corrected chi connectivity index (χ3v) is 1.77. The van der Waals surface area contributed by atoms with E-state index in [9.17, 15) is 4.79 Å². The van der Waals surface area contributed by atoms with Gasteiger partial charge in [0.15, 0.2) is 5.69 Å². The van der Waals surface area contributed by atoms with E-state index < -0.39 is 0 Å². The molecular weight excluding hydrogens is 196 g/mol. The third kappa shape index (κ3) is 3.51. The van der Waals surface area contributed by atoms with Crippen LogP contribution in [0, 0.1) is 0 Å². The van der Waals surface area contributed by atoms with E-state index in [1.807, 2.05) is 0 Å². The molecule has 0 saturated heterocycles. The number of carbonyl (C=O) groups excluding carboxylic acids is 1. The average Bonchev–Trinajstić information content (AvgIpc) is 2.29. The van der Waals surface area contributed by atoms with E-state index in [0.29, 0.717) is 18.8 Å². The summed E-state index contributed by atoms with van der Waals surface area (Å²) in [5, 5.41) is 21.5. The van der Waals surface area contributed by atoms with Crippen LogP contribution in [0.5, 0.6) is 0 Å². The molecule has 0 aliphatic heterocycles. The zero-order valence-electron chi connectivity index (χ0n) is 8.53. The Morgan fingerprint density at radius 1 is 1.47 bits per heavy atom. The molecule has 0 aromatic carbocycles. The van der Waals surface area contributed by atoms with Crippen LogP contribution in [0.4, 0.5) is 5.82 Å². The topological polar surface area (TPSA) is 87.1 Å². The second kappa shape index (κ2) is 5.92. The average molecular weight is 210 g/mol. The van der Waals surface area contributed by atoms with E-state index in [4.69, 9.17) is 5.11 Å². The largest absolute Gasteiger partial charge is 0.396 e. The maximum absolute atomic E-state index is 11.1. The molecule has 0 bridgehead atoms. The summed E-state index contributed by atoms with van der Waals surface area (Å²) in [5.41, 5.74) is 0.283. The van der Waals surface area contributed by atoms with Crippen LogP contribution in [0.3, 0.4) is 0 Å². The smallest absolute Gasteiger partial charge is 0.271 e. The molecule has 6 heteroatoms. The minimum absolute atomic E-state index is 0.136. The van der Waals surface area contributed by atoms with Gasteiger partial charge in [-0.3, -0.25) is 4.79 Å². The van der Waals surface area contributed by atoms with Crippen molar-refractivity contribution in [1.29, 1.82) is 0 Å². The third-order valence-electron chi connectivity index (χ3n) is 1.77. The molecule has 0 spiro atoms. The number of carbonyl (C=O) groups is 1. The lowest BCUT2D eigenvalue weighted by Crippen LogP contribution is -2.19. The molecule has 1 rings (SSSR count). The Labute approximate surface area is 87.7 Å². The monoisotopic (exact) mass is 210 g/mol. The van der Waals surface area contributed by atoms with E-state index in [1.54, 1.807) is 12.1 Å². The minimum atomic E-state index is -0.260. The normalized spacial score (nSPS) is 9.73. The van der Waals surface area contributed by atoms with Crippen molar-refractivity contribution in [2.75, 3.05) is 25.5 Å². The van der Waals surface area contributed by atoms with E-state index in [-0.39, 0.29) is 18.2 Å². The number of aliphatic hydroxyl groups is 1. The van der Waals surface area contributed by atoms with Gasteiger partial charge in [-0.15, -0.1) is 10.2 Å². The molecule has 1 heterocycles. The fourth-order valence-electron chi connectivity index (χ4n) is 0.971. The number of rotatable bonds is 5. The lowest BCUT2D eigenvalue weighted by atomic mass is 10.3. The first-order valence-electron chi connectivity index (χ1n) is 4.68. The summed E-state index contributed by atoms with van der Waals surface area (Å²) in [6.07, 6.45) is 0.652. The Bertz CT molecular complexity index is 312. The van der Waals surface area contributed by atoms with Crippen molar-refractivity contribution in [1.82, 2.24) is 15.5 Å². The highest BCUT2D eigenvalue weighted by Crippen LogP contribution is 2.01. The predicted molar refractivity (Wildman–Crippen MR) is 55.6 cm³/mol. The Balaban J connectivity index is 2.52. The Morgan fingerprint density at radius 2 is 2.27 bits per heavy atom. The van der Waals surface area contributed by atoms with Crippen LogP contribution >= 0.6 is 0 Å². The molecule has 0 atom stereocenters. The van der Waals surface area contributed by atoms with Crippen LogP contribution in [-0.4, -0.2) is 41.4 Å². The van der Waals surface area contributed by atoms with Crippen LogP contribution in [0.1, 0.15) is 16.9 Å². The van der Waals surface area contributed by atoms with Gasteiger partial charge in [0.25, 0.3) is 5.91 Å². The van der Waals surface area contributed by atoms with Crippen LogP contribution in [0.2, 0.25) is 0 Å². The first-order chi connectivity index (χ1) is 7.27. The van der Waals surface area contributed by atoms with Gasteiger partial charge in [0.05, 0.1) is 0 Å². The molecule has 1 aromatic rings. The molecule has 0 saturated carbocycles. The van der Waals surface area contributed by atoms with Crippen LogP contribution in [0.25, 0.3) is 0 Å². The second-order valence-electron chi connectivity index (χ2n) is 2.89. The van der Waals surface area contributed by atoms with Crippen molar-refractivity contribution in [2.45, 2.75) is 6.42 Å². The van der Waals surface area contributed by atoms with Gasteiger partial charge in [0, 0.05) is 20.2 Å². The van der Waals surface area contributed by atoms with Gasteiger partial charge >= 0.3 is 0 Å². The highest BCUT2D eigenvalue weighted by Gasteiger charge is 2.04. The molecule has 0 fully saturated rings. The molecule has 1 aromatic heterocycles. The van der Waals surface area contributed by atoms with Crippen LogP contribution < -0.4 is 10.6 Å². The van der Waals surface area contributed by atoms with Crippen molar-refractivity contribution in [3.05, 3.63) is 17.8 Å². The number of nitrogens with one attached hydrogen (secondary N) is 2. The number of hydrogen-bond acceptors (Lipinski definition) is 5. The zero-order chi connectivity index (χ0) is 11.1. The van der Waals surface area contributed by atoms with Crippen LogP contribution in [-0.2, 0) is 0 Å². The molecular formula is C9H14N4O2. The molecule has 15 heavy (non-hydrogen) atoms. The van der Waals surface area contributed by atoms with Gasteiger partial charge in [0.2, 0.25) is 0 Å². The van der Waals surface area contributed by atoms with Gasteiger partial charge in [-0.2, -0.15) is 0 Å². The fraction of sp³-hybridized carbons (Fsp3) is 0.444. The van der Waals surface area contributed by atoms with Crippen LogP contribution in [0.15, 0.2) is 12.1 Å². The molecule has 0 unspecified atom stereocenters. The standard InChI is InChI=1S/C9H14N4O2/c1-10-9(15)7-3-4-8(13-12-7)11-5-2-6-14/h3-4,14H,2,5-6H2,1H3,(H,10,15)(H,11,13). The van der Waals surface area contributed by atoms with E-state index in [0.717, 1.165) is 0 Å². The summed E-state index contributed by atoms with van der Waals surface area (Å²) in [7, 11) is 1.54. The summed E-state index contributed by atoms with van der Waals surface area (Å²) in [6.45, 7) is 0.765. The number of anilines is 1. The van der Waals surface area contributed by atoms with E-state index in [2.05, 4.69) is 20.8 Å². The lowest BCUT2D eigenvalue weighted by Gasteiger charge is -2.03. The fourth-order valence-corrected chi connectivity index (χ4v) is 0.971. The molecule has 0 radical (unpaired) electrons. The van der Waals surface area contributed by atoms with Crippen molar-refractivity contribution in [3.8, 4) is 0 Å². The molecule has 1 amide bonds. The summed E-state index contributed by atoms with van der Waals surface area (Å²) in [6, 6.07) is 3.27. The highest BCUT2D eigenvalue weighted by atomic mass is 16.3. The number of amides is 1. The maximum atomic E-state index is 11.1. The Hall–Kier alpha value is -1.69. The highest BCUT2D eigenvalue weighted by molar-refractivity contribution is 5.91. The summed E-state index contributed by atoms with van der Waals surface area (Å²) >= 11 is 0. The Morgan fingerprint density at radius 3 is 2.80 bits per heavy atom. The van der Waals surface area contributed by atoms with Crippen molar-refractivity contribution in [2.24, 2.45) is 0 Å². The Kier molecular flexibility index (Phi) is 4.49. The van der Waals surface area contributed by atoms with E-state index >= 15 is 0 Å². The van der Waals surface area contributed by atoms with Gasteiger partial charge in [-0.1, -0.05) is 0 Å². The first kappa shape index (κ1) is 11.4. The van der Waals surface area contributed by atoms with E-state index in [1.165, 1.54) is 7.05 Å². The lowest BCUT2D eigenvalue weighted by molar-refractivity contribution is 0.0957. The predicted octanol–water partition coefficient (Wildman–Crippen LogP) is -0.370. The van der Waals surface area contributed by atoms with Gasteiger partial charge < -0.3 is 15.7 Å². The van der Waals surface area contributed by atoms with Crippen molar-refractivity contribution in [3.63, 3.8) is 0 Å². The number of aliphatic hydroxyl groups excluding tert-OH is 1. The molecule has 0 aliphatic carbocycles. The second-order valence-corrected chi connectivity index (χ2v) is 2.89. The minimum Gasteiger partial charge on any atom is -0.396 e. The van der Waals surface area contributed by atoms with Gasteiger partial charge in [-0.05, 0) is 18.6 Å². The van der Waals surface area contributed by atoms with Crippen molar-refractivity contribution < 1.29 is 9.90 Å². The molecule has 82 valence electrons. The summed E-state index contributed by atoms with van der Waals surface area (Å²) in [5.74, 6) is 0.334. The maximum Gasteiger partial charge on any atom is 0.271 e. The molecule has 6 nitrogen and oxygen atoms in total. The zero-order valence-corrected chi connectivity index (χ0v) is 8.53. The number of aromatic nitrogens is 2. The number of hydrogen-bond donors (Lipinski definition) is 3. The number of nitrogens with zero attached hydrogens (tertiary/aromatic N) is 2. The SMILES string of the molecule is CNC(=O)c1ccc(NCCCO)nn1. The van der Waals surface area contributed by atoms with Gasteiger partial charge in [-0.25, -0.2) is 0 Å².